The highest BCUT2D eigenvalue weighted by Gasteiger charge is 2.21. The van der Waals surface area contributed by atoms with Gasteiger partial charge in [-0.05, 0) is 37.7 Å². The number of ether oxygens (including phenoxy) is 1. The molecule has 1 aliphatic rings. The number of thiocarbonyl (C=S) groups is 1. The highest BCUT2D eigenvalue weighted by atomic mass is 32.1. The number of carbonyl (C=O) groups is 1. The number of hydrogen-bond donors (Lipinski definition) is 2. The topological polar surface area (TPSA) is 67.6 Å². The highest BCUT2D eigenvalue weighted by molar-refractivity contribution is 7.80. The van der Waals surface area contributed by atoms with Crippen LogP contribution in [0, 0.1) is 0 Å². The maximum Gasteiger partial charge on any atom is 0.238 e. The Morgan fingerprint density at radius 1 is 1.50 bits per heavy atom. The van der Waals surface area contributed by atoms with Gasteiger partial charge in [0.25, 0.3) is 0 Å². The largest absolute Gasteiger partial charge is 0.389 e. The number of nitrogens with zero attached hydrogens (tertiary/aromatic N) is 1. The first-order chi connectivity index (χ1) is 9.56. The average molecular weight is 293 g/mol. The van der Waals surface area contributed by atoms with Crippen LogP contribution in [-0.2, 0) is 9.53 Å². The second-order valence-electron chi connectivity index (χ2n) is 4.92. The molecular weight excluding hydrogens is 274 g/mol. The number of nitrogens with two attached hydrogens (primary N) is 1. The summed E-state index contributed by atoms with van der Waals surface area (Å²) in [6.45, 7) is 1.83. The summed E-state index contributed by atoms with van der Waals surface area (Å²) in [5.74, 6) is -0.0394. The van der Waals surface area contributed by atoms with Crippen LogP contribution in [0.2, 0.25) is 0 Å². The molecule has 2 rings (SSSR count). The Bertz CT molecular complexity index is 484. The molecule has 1 saturated heterocycles. The number of hydrogen-bond acceptors (Lipinski definition) is 4. The SMILES string of the molecule is CN(CC(=O)Nc1ccc(C(N)=S)cc1)C1CCOC1. The van der Waals surface area contributed by atoms with Gasteiger partial charge >= 0.3 is 0 Å². The van der Waals surface area contributed by atoms with Gasteiger partial charge in [-0.3, -0.25) is 9.69 Å². The van der Waals surface area contributed by atoms with Gasteiger partial charge in [-0.15, -0.1) is 0 Å². The molecule has 1 aromatic rings. The van der Waals surface area contributed by atoms with Crippen LogP contribution in [0.15, 0.2) is 24.3 Å². The molecule has 1 fully saturated rings. The Kier molecular flexibility index (Phi) is 5.05. The number of benzene rings is 1. The molecule has 1 aromatic carbocycles. The minimum absolute atomic E-state index is 0.0394. The van der Waals surface area contributed by atoms with E-state index in [-0.39, 0.29) is 5.91 Å². The molecule has 1 amide bonds. The fourth-order valence-corrected chi connectivity index (χ4v) is 2.28. The Morgan fingerprint density at radius 3 is 2.75 bits per heavy atom. The molecule has 0 spiro atoms. The summed E-state index contributed by atoms with van der Waals surface area (Å²) < 4.78 is 5.32. The van der Waals surface area contributed by atoms with Crippen molar-refractivity contribution in [2.45, 2.75) is 12.5 Å². The van der Waals surface area contributed by atoms with Crippen molar-refractivity contribution < 1.29 is 9.53 Å². The third kappa shape index (κ3) is 4.00. The van der Waals surface area contributed by atoms with Gasteiger partial charge in [-0.1, -0.05) is 12.2 Å². The summed E-state index contributed by atoms with van der Waals surface area (Å²) in [6.07, 6.45) is 0.979. The average Bonchev–Trinajstić information content (AvgIpc) is 2.93. The van der Waals surface area contributed by atoms with E-state index in [0.717, 1.165) is 24.3 Å². The first-order valence-corrected chi connectivity index (χ1v) is 6.95. The molecule has 1 heterocycles. The minimum Gasteiger partial charge on any atom is -0.389 e. The Balaban J connectivity index is 1.85. The highest BCUT2D eigenvalue weighted by Crippen LogP contribution is 2.12. The molecule has 0 radical (unpaired) electrons. The van der Waals surface area contributed by atoms with Crippen molar-refractivity contribution in [3.8, 4) is 0 Å². The van der Waals surface area contributed by atoms with Crippen molar-refractivity contribution in [1.29, 1.82) is 0 Å². The number of carbonyl (C=O) groups excluding carboxylic acids is 1. The van der Waals surface area contributed by atoms with E-state index in [4.69, 9.17) is 22.7 Å². The third-order valence-electron chi connectivity index (χ3n) is 3.38. The van der Waals surface area contributed by atoms with Gasteiger partial charge in [0.2, 0.25) is 5.91 Å². The summed E-state index contributed by atoms with van der Waals surface area (Å²) in [5, 5.41) is 2.86. The van der Waals surface area contributed by atoms with Crippen molar-refractivity contribution in [1.82, 2.24) is 4.90 Å². The monoisotopic (exact) mass is 293 g/mol. The van der Waals surface area contributed by atoms with Crippen LogP contribution < -0.4 is 11.1 Å². The standard InChI is InChI=1S/C14H19N3O2S/c1-17(12-6-7-19-9-12)8-13(18)16-11-4-2-10(3-5-11)14(15)20/h2-5,12H,6-9H2,1H3,(H2,15,20)(H,16,18). The zero-order valence-electron chi connectivity index (χ0n) is 11.5. The third-order valence-corrected chi connectivity index (χ3v) is 3.61. The van der Waals surface area contributed by atoms with Crippen LogP contribution in [0.3, 0.4) is 0 Å². The van der Waals surface area contributed by atoms with Crippen LogP contribution >= 0.6 is 12.2 Å². The van der Waals surface area contributed by atoms with Crippen LogP contribution in [0.25, 0.3) is 0 Å². The summed E-state index contributed by atoms with van der Waals surface area (Å²) in [4.78, 5) is 14.3. The quantitative estimate of drug-likeness (QED) is 0.792. The van der Waals surface area contributed by atoms with Gasteiger partial charge in [0.05, 0.1) is 13.2 Å². The molecule has 0 aromatic heterocycles. The van der Waals surface area contributed by atoms with E-state index in [2.05, 4.69) is 5.32 Å². The Hall–Kier alpha value is -1.50. The van der Waals surface area contributed by atoms with E-state index in [0.29, 0.717) is 24.2 Å². The fourth-order valence-electron chi connectivity index (χ4n) is 2.14. The van der Waals surface area contributed by atoms with E-state index >= 15 is 0 Å². The van der Waals surface area contributed by atoms with E-state index < -0.39 is 0 Å². The van der Waals surface area contributed by atoms with Gasteiger partial charge in [-0.25, -0.2) is 0 Å². The maximum absolute atomic E-state index is 12.0. The van der Waals surface area contributed by atoms with Crippen molar-refractivity contribution in [3.63, 3.8) is 0 Å². The summed E-state index contributed by atoms with van der Waals surface area (Å²) >= 11 is 4.88. The van der Waals surface area contributed by atoms with E-state index in [9.17, 15) is 4.79 Å². The molecule has 6 heteroatoms. The van der Waals surface area contributed by atoms with Crippen molar-refractivity contribution >= 4 is 28.8 Å². The minimum atomic E-state index is -0.0394. The van der Waals surface area contributed by atoms with Crippen molar-refractivity contribution in [3.05, 3.63) is 29.8 Å². The van der Waals surface area contributed by atoms with E-state index in [1.807, 2.05) is 11.9 Å². The first-order valence-electron chi connectivity index (χ1n) is 6.54. The molecule has 5 nitrogen and oxygen atoms in total. The van der Waals surface area contributed by atoms with Gasteiger partial charge < -0.3 is 15.8 Å². The number of anilines is 1. The fraction of sp³-hybridized carbons (Fsp3) is 0.429. The van der Waals surface area contributed by atoms with Crippen LogP contribution in [0.4, 0.5) is 5.69 Å². The van der Waals surface area contributed by atoms with Crippen molar-refractivity contribution in [2.24, 2.45) is 5.73 Å². The summed E-state index contributed by atoms with van der Waals surface area (Å²) in [6, 6.07) is 7.52. The molecule has 20 heavy (non-hydrogen) atoms. The lowest BCUT2D eigenvalue weighted by Gasteiger charge is -2.22. The number of amides is 1. The first kappa shape index (κ1) is 14.9. The second-order valence-corrected chi connectivity index (χ2v) is 5.36. The van der Waals surface area contributed by atoms with E-state index in [1.54, 1.807) is 24.3 Å². The summed E-state index contributed by atoms with van der Waals surface area (Å²) in [5.41, 5.74) is 7.06. The molecule has 1 atom stereocenters. The maximum atomic E-state index is 12.0. The number of likely N-dealkylation sites (N-methyl/N-ethyl adjacent to an activating group) is 1. The van der Waals surface area contributed by atoms with E-state index in [1.165, 1.54) is 0 Å². The molecule has 1 aliphatic heterocycles. The van der Waals surface area contributed by atoms with Crippen LogP contribution in [0.1, 0.15) is 12.0 Å². The second kappa shape index (κ2) is 6.78. The van der Waals surface area contributed by atoms with Gasteiger partial charge in [-0.2, -0.15) is 0 Å². The summed E-state index contributed by atoms with van der Waals surface area (Å²) in [7, 11) is 1.94. The number of rotatable bonds is 5. The normalized spacial score (nSPS) is 18.2. The zero-order chi connectivity index (χ0) is 14.5. The van der Waals surface area contributed by atoms with Crippen LogP contribution in [0.5, 0.6) is 0 Å². The molecule has 0 aliphatic carbocycles. The lowest BCUT2D eigenvalue weighted by Crippen LogP contribution is -2.38. The van der Waals surface area contributed by atoms with Crippen molar-refractivity contribution in [2.75, 3.05) is 32.1 Å². The Morgan fingerprint density at radius 2 is 2.20 bits per heavy atom. The van der Waals surface area contributed by atoms with Gasteiger partial charge in [0, 0.05) is 23.9 Å². The van der Waals surface area contributed by atoms with Crippen LogP contribution in [-0.4, -0.2) is 48.6 Å². The Labute approximate surface area is 124 Å². The smallest absolute Gasteiger partial charge is 0.238 e. The molecule has 1 unspecified atom stereocenters. The predicted molar refractivity (Wildman–Crippen MR) is 82.8 cm³/mol. The predicted octanol–water partition coefficient (Wildman–Crippen LogP) is 0.980. The molecule has 108 valence electrons. The molecule has 3 N–H and O–H groups in total. The zero-order valence-corrected chi connectivity index (χ0v) is 12.3. The molecular formula is C14H19N3O2S. The van der Waals surface area contributed by atoms with Gasteiger partial charge in [0.1, 0.15) is 4.99 Å². The van der Waals surface area contributed by atoms with Gasteiger partial charge in [0.15, 0.2) is 0 Å². The number of nitrogens with one attached hydrogen (secondary N) is 1. The molecule has 0 saturated carbocycles. The lowest BCUT2D eigenvalue weighted by molar-refractivity contribution is -0.117. The molecule has 0 bridgehead atoms. The lowest BCUT2D eigenvalue weighted by atomic mass is 10.2.